The standard InChI is InChI=1S/C9H8F3NO3S/c10-9(11,12)7-4-2-1-3-6(7)8(14)5-17(13,15)16/h1-4H,5H2,(H2,13,15,16). The molecule has 1 rings (SSSR count). The van der Waals surface area contributed by atoms with E-state index in [1.165, 1.54) is 6.07 Å². The Hall–Kier alpha value is -1.41. The molecule has 0 aliphatic heterocycles. The molecule has 17 heavy (non-hydrogen) atoms. The van der Waals surface area contributed by atoms with Gasteiger partial charge in [-0.05, 0) is 6.07 Å². The molecule has 0 saturated carbocycles. The second kappa shape index (κ2) is 4.46. The molecule has 0 aliphatic carbocycles. The van der Waals surface area contributed by atoms with Crippen LogP contribution in [0.3, 0.4) is 0 Å². The second-order valence-corrected chi connectivity index (χ2v) is 4.89. The zero-order valence-electron chi connectivity index (χ0n) is 8.36. The van der Waals surface area contributed by atoms with Crippen LogP contribution in [0.15, 0.2) is 24.3 Å². The van der Waals surface area contributed by atoms with Crippen LogP contribution in [0.25, 0.3) is 0 Å². The van der Waals surface area contributed by atoms with Crippen LogP contribution >= 0.6 is 0 Å². The number of sulfonamides is 1. The Morgan fingerprint density at radius 1 is 1.24 bits per heavy atom. The van der Waals surface area contributed by atoms with E-state index in [0.717, 1.165) is 12.1 Å². The van der Waals surface area contributed by atoms with Crippen LogP contribution in [-0.2, 0) is 16.2 Å². The highest BCUT2D eigenvalue weighted by molar-refractivity contribution is 7.89. The Kier molecular flexibility index (Phi) is 3.58. The van der Waals surface area contributed by atoms with Crippen LogP contribution in [0.4, 0.5) is 13.2 Å². The number of hydrogen-bond donors (Lipinski definition) is 1. The van der Waals surface area contributed by atoms with Crippen LogP contribution in [0.2, 0.25) is 0 Å². The molecule has 8 heteroatoms. The van der Waals surface area contributed by atoms with Gasteiger partial charge in [-0.15, -0.1) is 0 Å². The highest BCUT2D eigenvalue weighted by atomic mass is 32.2. The average molecular weight is 267 g/mol. The summed E-state index contributed by atoms with van der Waals surface area (Å²) in [5.74, 6) is -2.33. The monoisotopic (exact) mass is 267 g/mol. The molecule has 0 amide bonds. The maximum atomic E-state index is 12.5. The molecule has 0 radical (unpaired) electrons. The topological polar surface area (TPSA) is 77.2 Å². The number of hydrogen-bond acceptors (Lipinski definition) is 3. The fourth-order valence-corrected chi connectivity index (χ4v) is 1.75. The molecule has 0 fully saturated rings. The first-order valence-corrected chi connectivity index (χ1v) is 6.03. The van der Waals surface area contributed by atoms with Gasteiger partial charge in [-0.2, -0.15) is 13.2 Å². The van der Waals surface area contributed by atoms with Gasteiger partial charge in [0.15, 0.2) is 5.78 Å². The maximum absolute atomic E-state index is 12.5. The fraction of sp³-hybridized carbons (Fsp3) is 0.222. The third-order valence-corrected chi connectivity index (χ3v) is 2.53. The third-order valence-electron chi connectivity index (χ3n) is 1.87. The van der Waals surface area contributed by atoms with Gasteiger partial charge in [-0.1, -0.05) is 18.2 Å². The summed E-state index contributed by atoms with van der Waals surface area (Å²) in [6, 6.07) is 3.94. The Morgan fingerprint density at radius 2 is 1.76 bits per heavy atom. The van der Waals surface area contributed by atoms with Gasteiger partial charge in [-0.3, -0.25) is 4.79 Å². The van der Waals surface area contributed by atoms with Gasteiger partial charge in [0.2, 0.25) is 10.0 Å². The minimum Gasteiger partial charge on any atom is -0.293 e. The lowest BCUT2D eigenvalue weighted by Gasteiger charge is -2.11. The molecule has 2 N–H and O–H groups in total. The van der Waals surface area contributed by atoms with Crippen molar-refractivity contribution >= 4 is 15.8 Å². The minimum absolute atomic E-state index is 0.700. The molecule has 1 aromatic carbocycles. The molecular formula is C9H8F3NO3S. The van der Waals surface area contributed by atoms with Crippen molar-refractivity contribution in [3.05, 3.63) is 35.4 Å². The number of ketones is 1. The first kappa shape index (κ1) is 13.7. The predicted octanol–water partition coefficient (Wildman–Crippen LogP) is 1.18. The number of benzene rings is 1. The van der Waals surface area contributed by atoms with Gasteiger partial charge in [0.05, 0.1) is 5.56 Å². The number of nitrogens with two attached hydrogens (primary N) is 1. The Morgan fingerprint density at radius 3 is 2.24 bits per heavy atom. The number of Topliss-reactive ketones (excluding diaryl/α,β-unsaturated/α-hetero) is 1. The van der Waals surface area contributed by atoms with Crippen molar-refractivity contribution in [2.24, 2.45) is 5.14 Å². The quantitative estimate of drug-likeness (QED) is 0.835. The van der Waals surface area contributed by atoms with Gasteiger partial charge in [0.1, 0.15) is 5.75 Å². The lowest BCUT2D eigenvalue weighted by molar-refractivity contribution is -0.137. The van der Waals surface area contributed by atoms with Gasteiger partial charge in [0.25, 0.3) is 0 Å². The van der Waals surface area contributed by atoms with Crippen molar-refractivity contribution < 1.29 is 26.4 Å². The first-order chi connectivity index (χ1) is 7.61. The van der Waals surface area contributed by atoms with E-state index in [4.69, 9.17) is 0 Å². The SMILES string of the molecule is NS(=O)(=O)CC(=O)c1ccccc1C(F)(F)F. The zero-order valence-corrected chi connectivity index (χ0v) is 9.18. The van der Waals surface area contributed by atoms with E-state index < -0.39 is 38.9 Å². The number of primary sulfonamides is 1. The van der Waals surface area contributed by atoms with E-state index in [1.807, 2.05) is 0 Å². The molecule has 94 valence electrons. The van der Waals surface area contributed by atoms with E-state index in [-0.39, 0.29) is 0 Å². The second-order valence-electron chi connectivity index (χ2n) is 3.27. The van der Waals surface area contributed by atoms with Crippen LogP contribution < -0.4 is 5.14 Å². The lowest BCUT2D eigenvalue weighted by Crippen LogP contribution is -2.25. The average Bonchev–Trinajstić information content (AvgIpc) is 2.13. The first-order valence-electron chi connectivity index (χ1n) is 4.31. The molecular weight excluding hydrogens is 259 g/mol. The molecule has 0 atom stereocenters. The van der Waals surface area contributed by atoms with Gasteiger partial charge in [-0.25, -0.2) is 13.6 Å². The number of halogens is 3. The van der Waals surface area contributed by atoms with Gasteiger partial charge < -0.3 is 0 Å². The molecule has 1 aromatic rings. The predicted molar refractivity (Wildman–Crippen MR) is 53.7 cm³/mol. The van der Waals surface area contributed by atoms with Crippen molar-refractivity contribution in [3.63, 3.8) is 0 Å². The Labute approximate surface area is 95.3 Å². The molecule has 0 unspecified atom stereocenters. The molecule has 0 spiro atoms. The molecule has 4 nitrogen and oxygen atoms in total. The van der Waals surface area contributed by atoms with E-state index >= 15 is 0 Å². The summed E-state index contributed by atoms with van der Waals surface area (Å²) in [5, 5.41) is 4.60. The normalized spacial score (nSPS) is 12.5. The molecule has 0 bridgehead atoms. The number of carbonyl (C=O) groups is 1. The number of alkyl halides is 3. The molecule has 0 aromatic heterocycles. The maximum Gasteiger partial charge on any atom is 0.417 e. The summed E-state index contributed by atoms with van der Waals surface area (Å²) in [6.45, 7) is 0. The lowest BCUT2D eigenvalue weighted by atomic mass is 10.0. The van der Waals surface area contributed by atoms with Crippen molar-refractivity contribution in [1.29, 1.82) is 0 Å². The molecule has 0 aliphatic rings. The molecule has 0 saturated heterocycles. The Bertz CT molecular complexity index is 537. The van der Waals surface area contributed by atoms with E-state index in [1.54, 1.807) is 0 Å². The Balaban J connectivity index is 3.19. The summed E-state index contributed by atoms with van der Waals surface area (Å²) >= 11 is 0. The highest BCUT2D eigenvalue weighted by Crippen LogP contribution is 2.32. The van der Waals surface area contributed by atoms with E-state index in [2.05, 4.69) is 5.14 Å². The van der Waals surface area contributed by atoms with Gasteiger partial charge in [0, 0.05) is 5.56 Å². The smallest absolute Gasteiger partial charge is 0.293 e. The van der Waals surface area contributed by atoms with Crippen molar-refractivity contribution in [2.75, 3.05) is 5.75 Å². The summed E-state index contributed by atoms with van der Waals surface area (Å²) < 4.78 is 58.8. The van der Waals surface area contributed by atoms with E-state index in [0.29, 0.717) is 6.07 Å². The van der Waals surface area contributed by atoms with Crippen molar-refractivity contribution in [3.8, 4) is 0 Å². The summed E-state index contributed by atoms with van der Waals surface area (Å²) in [6.07, 6.45) is -4.72. The highest BCUT2D eigenvalue weighted by Gasteiger charge is 2.35. The number of carbonyl (C=O) groups excluding carboxylic acids is 1. The van der Waals surface area contributed by atoms with Crippen molar-refractivity contribution in [1.82, 2.24) is 0 Å². The minimum atomic E-state index is -4.72. The van der Waals surface area contributed by atoms with Crippen molar-refractivity contribution in [2.45, 2.75) is 6.18 Å². The summed E-state index contributed by atoms with van der Waals surface area (Å²) in [7, 11) is -4.15. The van der Waals surface area contributed by atoms with Crippen LogP contribution in [0.5, 0.6) is 0 Å². The largest absolute Gasteiger partial charge is 0.417 e. The van der Waals surface area contributed by atoms with E-state index in [9.17, 15) is 26.4 Å². The van der Waals surface area contributed by atoms with Crippen LogP contribution in [0, 0.1) is 0 Å². The summed E-state index contributed by atoms with van der Waals surface area (Å²) in [5.41, 5.74) is -1.87. The number of rotatable bonds is 3. The van der Waals surface area contributed by atoms with Crippen LogP contribution in [0.1, 0.15) is 15.9 Å². The zero-order chi connectivity index (χ0) is 13.3. The fourth-order valence-electron chi connectivity index (χ4n) is 1.23. The third kappa shape index (κ3) is 3.82. The molecule has 0 heterocycles. The summed E-state index contributed by atoms with van der Waals surface area (Å²) in [4.78, 5) is 11.4. The van der Waals surface area contributed by atoms with Gasteiger partial charge >= 0.3 is 6.18 Å². The van der Waals surface area contributed by atoms with Crippen LogP contribution in [-0.4, -0.2) is 20.0 Å².